The minimum absolute atomic E-state index is 0.00745. The third kappa shape index (κ3) is 2.50. The Labute approximate surface area is 123 Å². The molecule has 0 bridgehead atoms. The molecule has 0 N–H and O–H groups in total. The molecule has 0 aliphatic carbocycles. The lowest BCUT2D eigenvalue weighted by atomic mass is 9.94. The number of anilines is 1. The van der Waals surface area contributed by atoms with E-state index in [1.165, 1.54) is 6.92 Å². The van der Waals surface area contributed by atoms with Crippen LogP contribution < -0.4 is 4.90 Å². The van der Waals surface area contributed by atoms with Gasteiger partial charge in [0, 0.05) is 18.1 Å². The summed E-state index contributed by atoms with van der Waals surface area (Å²) in [5.74, 6) is -0.0686. The molecule has 21 heavy (non-hydrogen) atoms. The van der Waals surface area contributed by atoms with Crippen LogP contribution in [-0.2, 0) is 4.79 Å². The summed E-state index contributed by atoms with van der Waals surface area (Å²) in [5, 5.41) is 0. The van der Waals surface area contributed by atoms with Crippen molar-refractivity contribution < 1.29 is 9.59 Å². The Hall–Kier alpha value is -2.68. The van der Waals surface area contributed by atoms with E-state index in [0.29, 0.717) is 23.4 Å². The van der Waals surface area contributed by atoms with Crippen molar-refractivity contribution in [1.29, 1.82) is 0 Å². The van der Waals surface area contributed by atoms with E-state index < -0.39 is 0 Å². The number of carbonyl (C=O) groups excluding carboxylic acids is 2. The molecule has 1 aliphatic rings. The fraction of sp³-hybridized carbons (Fsp3) is 0.111. The molecule has 0 unspecified atom stereocenters. The normalized spacial score (nSPS) is 16.0. The van der Waals surface area contributed by atoms with Crippen molar-refractivity contribution in [1.82, 2.24) is 0 Å². The maximum absolute atomic E-state index is 12.6. The Bertz CT molecular complexity index is 732. The number of fused-ring (bicyclic) bond motifs is 1. The Morgan fingerprint density at radius 2 is 1.71 bits per heavy atom. The first-order chi connectivity index (χ1) is 10.2. The average Bonchev–Trinajstić information content (AvgIpc) is 2.51. The summed E-state index contributed by atoms with van der Waals surface area (Å²) >= 11 is 0. The van der Waals surface area contributed by atoms with Gasteiger partial charge in [-0.05, 0) is 23.8 Å². The second kappa shape index (κ2) is 5.37. The average molecular weight is 277 g/mol. The van der Waals surface area contributed by atoms with Gasteiger partial charge in [0.05, 0.1) is 12.2 Å². The van der Waals surface area contributed by atoms with Gasteiger partial charge in [-0.15, -0.1) is 0 Å². The molecule has 1 aliphatic heterocycles. The smallest absolute Gasteiger partial charge is 0.224 e. The number of nitrogens with zero attached hydrogens (tertiary/aromatic N) is 1. The summed E-state index contributed by atoms with van der Waals surface area (Å²) in [6, 6.07) is 16.9. The van der Waals surface area contributed by atoms with Gasteiger partial charge in [0.25, 0.3) is 0 Å². The van der Waals surface area contributed by atoms with Crippen molar-refractivity contribution in [3.05, 3.63) is 71.3 Å². The summed E-state index contributed by atoms with van der Waals surface area (Å²) in [5.41, 5.74) is 2.88. The lowest BCUT2D eigenvalue weighted by molar-refractivity contribution is -0.116. The number of para-hydroxylation sites is 1. The van der Waals surface area contributed by atoms with E-state index in [9.17, 15) is 9.59 Å². The van der Waals surface area contributed by atoms with Crippen molar-refractivity contribution in [3.8, 4) is 0 Å². The molecule has 3 rings (SSSR count). The minimum Gasteiger partial charge on any atom is -0.307 e. The molecule has 0 spiro atoms. The molecule has 0 saturated heterocycles. The van der Waals surface area contributed by atoms with Crippen LogP contribution >= 0.6 is 0 Å². The number of hydrogen-bond acceptors (Lipinski definition) is 2. The highest BCUT2D eigenvalue weighted by atomic mass is 16.2. The Morgan fingerprint density at radius 3 is 2.43 bits per heavy atom. The topological polar surface area (TPSA) is 37.4 Å². The van der Waals surface area contributed by atoms with Crippen LogP contribution in [0, 0.1) is 0 Å². The molecule has 2 aromatic rings. The Morgan fingerprint density at radius 1 is 1.05 bits per heavy atom. The highest BCUT2D eigenvalue weighted by Gasteiger charge is 2.28. The zero-order valence-electron chi connectivity index (χ0n) is 11.7. The summed E-state index contributed by atoms with van der Waals surface area (Å²) in [6.45, 7) is 1.84. The molecular formula is C18H15NO2. The molecule has 0 fully saturated rings. The van der Waals surface area contributed by atoms with Gasteiger partial charge in [0.15, 0.2) is 5.78 Å². The van der Waals surface area contributed by atoms with Gasteiger partial charge in [-0.2, -0.15) is 0 Å². The molecule has 0 saturated carbocycles. The maximum Gasteiger partial charge on any atom is 0.224 e. The molecule has 3 nitrogen and oxygen atoms in total. The summed E-state index contributed by atoms with van der Waals surface area (Å²) < 4.78 is 0. The number of Topliss-reactive ketones (excluding diaryl/α,β-unsaturated/α-hetero) is 1. The molecule has 0 atom stereocenters. The van der Waals surface area contributed by atoms with Gasteiger partial charge in [-0.3, -0.25) is 9.59 Å². The second-order valence-corrected chi connectivity index (χ2v) is 5.03. The first-order valence-corrected chi connectivity index (χ1v) is 6.84. The third-order valence-electron chi connectivity index (χ3n) is 3.58. The SMILES string of the molecule is CC(=O)N1C/C(=C\c2ccccc2)C(=O)c2ccccc21. The number of ketones is 1. The molecule has 104 valence electrons. The molecule has 1 heterocycles. The van der Waals surface area contributed by atoms with Crippen LogP contribution in [0.25, 0.3) is 6.08 Å². The molecule has 3 heteroatoms. The number of benzene rings is 2. The quantitative estimate of drug-likeness (QED) is 0.750. The molecular weight excluding hydrogens is 262 g/mol. The van der Waals surface area contributed by atoms with Crippen LogP contribution in [0.3, 0.4) is 0 Å². The van der Waals surface area contributed by atoms with Crippen LogP contribution in [0.2, 0.25) is 0 Å². The van der Waals surface area contributed by atoms with E-state index in [0.717, 1.165) is 5.56 Å². The van der Waals surface area contributed by atoms with Crippen molar-refractivity contribution >= 4 is 23.5 Å². The minimum atomic E-state index is -0.0612. The Kier molecular flexibility index (Phi) is 3.40. The highest BCUT2D eigenvalue weighted by Crippen LogP contribution is 2.30. The zero-order valence-corrected chi connectivity index (χ0v) is 11.7. The zero-order chi connectivity index (χ0) is 14.8. The largest absolute Gasteiger partial charge is 0.307 e. The van der Waals surface area contributed by atoms with Crippen molar-refractivity contribution in [2.45, 2.75) is 6.92 Å². The summed E-state index contributed by atoms with van der Waals surface area (Å²) in [4.78, 5) is 26.1. The fourth-order valence-corrected chi connectivity index (χ4v) is 2.54. The van der Waals surface area contributed by atoms with E-state index >= 15 is 0 Å². The number of amides is 1. The van der Waals surface area contributed by atoms with Crippen LogP contribution in [0.15, 0.2) is 60.2 Å². The van der Waals surface area contributed by atoms with Crippen molar-refractivity contribution in [2.75, 3.05) is 11.4 Å². The van der Waals surface area contributed by atoms with E-state index in [-0.39, 0.29) is 11.7 Å². The van der Waals surface area contributed by atoms with Gasteiger partial charge in [-0.1, -0.05) is 42.5 Å². The van der Waals surface area contributed by atoms with Crippen LogP contribution in [0.5, 0.6) is 0 Å². The Balaban J connectivity index is 2.08. The van der Waals surface area contributed by atoms with E-state index in [1.54, 1.807) is 11.0 Å². The highest BCUT2D eigenvalue weighted by molar-refractivity contribution is 6.19. The first kappa shape index (κ1) is 13.3. The van der Waals surface area contributed by atoms with Crippen molar-refractivity contribution in [2.24, 2.45) is 0 Å². The maximum atomic E-state index is 12.6. The molecule has 0 radical (unpaired) electrons. The summed E-state index contributed by atoms with van der Waals surface area (Å²) in [6.07, 6.45) is 1.86. The molecule has 0 aromatic heterocycles. The van der Waals surface area contributed by atoms with E-state index in [1.807, 2.05) is 54.6 Å². The van der Waals surface area contributed by atoms with Gasteiger partial charge >= 0.3 is 0 Å². The number of carbonyl (C=O) groups is 2. The summed E-state index contributed by atoms with van der Waals surface area (Å²) in [7, 11) is 0. The third-order valence-corrected chi connectivity index (χ3v) is 3.58. The van der Waals surface area contributed by atoms with Crippen LogP contribution in [-0.4, -0.2) is 18.2 Å². The van der Waals surface area contributed by atoms with Gasteiger partial charge in [-0.25, -0.2) is 0 Å². The van der Waals surface area contributed by atoms with Gasteiger partial charge < -0.3 is 4.90 Å². The predicted octanol–water partition coefficient (Wildman–Crippen LogP) is 3.32. The van der Waals surface area contributed by atoms with Crippen molar-refractivity contribution in [3.63, 3.8) is 0 Å². The van der Waals surface area contributed by atoms with Crippen LogP contribution in [0.1, 0.15) is 22.8 Å². The van der Waals surface area contributed by atoms with Gasteiger partial charge in [0.2, 0.25) is 5.91 Å². The molecule has 2 aromatic carbocycles. The predicted molar refractivity (Wildman–Crippen MR) is 83.2 cm³/mol. The number of rotatable bonds is 1. The van der Waals surface area contributed by atoms with Gasteiger partial charge in [0.1, 0.15) is 0 Å². The fourth-order valence-electron chi connectivity index (χ4n) is 2.54. The first-order valence-electron chi connectivity index (χ1n) is 6.84. The van der Waals surface area contributed by atoms with E-state index in [4.69, 9.17) is 0 Å². The second-order valence-electron chi connectivity index (χ2n) is 5.03. The monoisotopic (exact) mass is 277 g/mol. The number of hydrogen-bond donors (Lipinski definition) is 0. The van der Waals surface area contributed by atoms with Crippen LogP contribution in [0.4, 0.5) is 5.69 Å². The standard InChI is InChI=1S/C18H15NO2/c1-13(20)19-12-15(11-14-7-3-2-4-8-14)18(21)16-9-5-6-10-17(16)19/h2-11H,12H2,1H3/b15-11+. The lowest BCUT2D eigenvalue weighted by Gasteiger charge is -2.29. The van der Waals surface area contributed by atoms with E-state index in [2.05, 4.69) is 0 Å². The lowest BCUT2D eigenvalue weighted by Crippen LogP contribution is -2.37. The molecule has 1 amide bonds.